The van der Waals surface area contributed by atoms with Gasteiger partial charge >= 0.3 is 11.9 Å². The summed E-state index contributed by atoms with van der Waals surface area (Å²) >= 11 is 3.10. The first-order valence-corrected chi connectivity index (χ1v) is 10.6. The molecule has 172 valence electrons. The van der Waals surface area contributed by atoms with Gasteiger partial charge in [-0.25, -0.2) is 4.68 Å². The normalized spacial score (nSPS) is 25.5. The molecular weight excluding hydrogens is 480 g/mol. The van der Waals surface area contributed by atoms with Crippen LogP contribution in [0, 0.1) is 0 Å². The molecule has 1 fully saturated rings. The summed E-state index contributed by atoms with van der Waals surface area (Å²) in [6.45, 7) is 3.32. The molecule has 1 aromatic heterocycles. The standard InChI is InChI=1S/C18H25BrN4O8/c1-9(24)20-15-17(30-11(3)26)16(28)14(8-29-10(2)25)31-18(15)23-7-12(21-22-23)4-5-13(27)6-19/h7,14-18,28H,4-6,8H2,1-3H3,(H,20,24)/t14?,15?,16-,17?,18-/m1/s1. The van der Waals surface area contributed by atoms with E-state index in [0.29, 0.717) is 12.1 Å². The third kappa shape index (κ3) is 7.08. The van der Waals surface area contributed by atoms with Gasteiger partial charge in [-0.15, -0.1) is 5.10 Å². The van der Waals surface area contributed by atoms with Crippen LogP contribution in [-0.4, -0.2) is 80.0 Å². The summed E-state index contributed by atoms with van der Waals surface area (Å²) < 4.78 is 17.4. The number of Topliss-reactive ketones (excluding diaryl/α,β-unsaturated/α-hetero) is 1. The third-order valence-electron chi connectivity index (χ3n) is 4.44. The number of halogens is 1. The smallest absolute Gasteiger partial charge is 0.303 e. The average Bonchev–Trinajstić information content (AvgIpc) is 3.16. The van der Waals surface area contributed by atoms with Gasteiger partial charge in [0.25, 0.3) is 0 Å². The third-order valence-corrected chi connectivity index (χ3v) is 5.07. The molecule has 5 atom stereocenters. The highest BCUT2D eigenvalue weighted by Crippen LogP contribution is 2.30. The van der Waals surface area contributed by atoms with E-state index in [1.54, 1.807) is 0 Å². The molecule has 0 saturated carbocycles. The fourth-order valence-corrected chi connectivity index (χ4v) is 3.38. The molecule has 0 radical (unpaired) electrons. The SMILES string of the molecule is CC(=O)NC1C(OC(C)=O)[C@H](O)C(COC(C)=O)O[C@H]1n1cc(CCC(=O)CBr)nn1. The molecule has 1 amide bonds. The second kappa shape index (κ2) is 11.3. The first kappa shape index (κ1) is 24.9. The van der Waals surface area contributed by atoms with Gasteiger partial charge in [-0.05, 0) is 0 Å². The summed E-state index contributed by atoms with van der Waals surface area (Å²) in [6.07, 6.45) is -2.56. The van der Waals surface area contributed by atoms with Gasteiger partial charge in [0.1, 0.15) is 30.6 Å². The van der Waals surface area contributed by atoms with E-state index in [1.807, 2.05) is 0 Å². The lowest BCUT2D eigenvalue weighted by Crippen LogP contribution is -2.63. The molecule has 0 bridgehead atoms. The highest BCUT2D eigenvalue weighted by molar-refractivity contribution is 9.09. The van der Waals surface area contributed by atoms with Crippen molar-refractivity contribution in [3.63, 3.8) is 0 Å². The molecule has 31 heavy (non-hydrogen) atoms. The van der Waals surface area contributed by atoms with Crippen molar-refractivity contribution >= 4 is 39.6 Å². The van der Waals surface area contributed by atoms with Gasteiger partial charge < -0.3 is 24.6 Å². The molecule has 1 aliphatic rings. The Morgan fingerprint density at radius 3 is 2.55 bits per heavy atom. The lowest BCUT2D eigenvalue weighted by atomic mass is 9.95. The van der Waals surface area contributed by atoms with Crippen molar-refractivity contribution in [1.82, 2.24) is 20.3 Å². The Hall–Kier alpha value is -2.38. The summed E-state index contributed by atoms with van der Waals surface area (Å²) in [5.41, 5.74) is 0.506. The molecule has 0 aromatic carbocycles. The number of aliphatic hydroxyl groups excluding tert-OH is 1. The second-order valence-electron chi connectivity index (χ2n) is 7.02. The predicted molar refractivity (Wildman–Crippen MR) is 107 cm³/mol. The Morgan fingerprint density at radius 2 is 1.97 bits per heavy atom. The summed E-state index contributed by atoms with van der Waals surface area (Å²) in [7, 11) is 0. The van der Waals surface area contributed by atoms with Gasteiger partial charge in [0.05, 0.1) is 17.2 Å². The van der Waals surface area contributed by atoms with Crippen molar-refractivity contribution in [2.45, 2.75) is 64.2 Å². The summed E-state index contributed by atoms with van der Waals surface area (Å²) in [5, 5.41) is 21.5. The van der Waals surface area contributed by atoms with Crippen LogP contribution in [0.25, 0.3) is 0 Å². The lowest BCUT2D eigenvalue weighted by Gasteiger charge is -2.43. The molecule has 2 heterocycles. The number of alkyl halides is 1. The van der Waals surface area contributed by atoms with E-state index in [4.69, 9.17) is 14.2 Å². The maximum atomic E-state index is 11.8. The highest BCUT2D eigenvalue weighted by atomic mass is 79.9. The van der Waals surface area contributed by atoms with Crippen molar-refractivity contribution in [2.24, 2.45) is 0 Å². The Kier molecular flexibility index (Phi) is 9.07. The zero-order valence-corrected chi connectivity index (χ0v) is 18.9. The number of ether oxygens (including phenoxy) is 3. The van der Waals surface area contributed by atoms with Gasteiger partial charge in [0, 0.05) is 33.6 Å². The number of nitrogens with one attached hydrogen (secondary N) is 1. The number of esters is 2. The lowest BCUT2D eigenvalue weighted by molar-refractivity contribution is -0.231. The van der Waals surface area contributed by atoms with Gasteiger partial charge in [0.2, 0.25) is 5.91 Å². The Bertz CT molecular complexity index is 816. The van der Waals surface area contributed by atoms with Gasteiger partial charge in [-0.2, -0.15) is 0 Å². The number of ketones is 1. The maximum absolute atomic E-state index is 11.8. The number of aromatic nitrogens is 3. The molecular formula is C18H25BrN4O8. The van der Waals surface area contributed by atoms with Crippen molar-refractivity contribution in [3.8, 4) is 0 Å². The molecule has 1 saturated heterocycles. The first-order chi connectivity index (χ1) is 14.6. The molecule has 1 aliphatic heterocycles. The first-order valence-electron chi connectivity index (χ1n) is 9.52. The number of aryl methyl sites for hydroxylation is 1. The van der Waals surface area contributed by atoms with Crippen LogP contribution < -0.4 is 5.32 Å². The molecule has 1 aromatic rings. The molecule has 0 aliphatic carbocycles. The number of nitrogens with zero attached hydrogens (tertiary/aromatic N) is 3. The van der Waals surface area contributed by atoms with Crippen LogP contribution in [0.15, 0.2) is 6.20 Å². The minimum absolute atomic E-state index is 0.000852. The number of rotatable bonds is 9. The van der Waals surface area contributed by atoms with Crippen molar-refractivity contribution in [1.29, 1.82) is 0 Å². The molecule has 3 unspecified atom stereocenters. The minimum atomic E-state index is -1.39. The van der Waals surface area contributed by atoms with E-state index in [2.05, 4.69) is 31.6 Å². The van der Waals surface area contributed by atoms with Crippen LogP contribution in [0.5, 0.6) is 0 Å². The second-order valence-corrected chi connectivity index (χ2v) is 7.58. The topological polar surface area (TPSA) is 159 Å². The molecule has 12 nitrogen and oxygen atoms in total. The predicted octanol–water partition coefficient (Wildman–Crippen LogP) is -0.567. The van der Waals surface area contributed by atoms with Gasteiger partial charge in [-0.3, -0.25) is 19.2 Å². The average molecular weight is 505 g/mol. The largest absolute Gasteiger partial charge is 0.463 e. The number of carbonyl (C=O) groups excluding carboxylic acids is 4. The van der Waals surface area contributed by atoms with Gasteiger partial charge in [0.15, 0.2) is 12.3 Å². The number of carbonyl (C=O) groups is 4. The maximum Gasteiger partial charge on any atom is 0.303 e. The van der Waals surface area contributed by atoms with Crippen LogP contribution in [0.2, 0.25) is 0 Å². The highest BCUT2D eigenvalue weighted by Gasteiger charge is 2.49. The number of amides is 1. The van der Waals surface area contributed by atoms with E-state index in [9.17, 15) is 24.3 Å². The molecule has 2 N–H and O–H groups in total. The van der Waals surface area contributed by atoms with E-state index in [1.165, 1.54) is 24.7 Å². The quantitative estimate of drug-likeness (QED) is 0.329. The number of hydrogen-bond donors (Lipinski definition) is 2. The Morgan fingerprint density at radius 1 is 1.26 bits per heavy atom. The minimum Gasteiger partial charge on any atom is -0.463 e. The summed E-state index contributed by atoms with van der Waals surface area (Å²) in [6, 6.07) is -1.01. The monoisotopic (exact) mass is 504 g/mol. The van der Waals surface area contributed by atoms with Gasteiger partial charge in [-0.1, -0.05) is 21.1 Å². The molecule has 13 heteroatoms. The summed E-state index contributed by atoms with van der Waals surface area (Å²) in [5.74, 6) is -1.72. The van der Waals surface area contributed by atoms with Crippen LogP contribution in [0.4, 0.5) is 0 Å². The Labute approximate surface area is 186 Å². The fraction of sp³-hybridized carbons (Fsp3) is 0.667. The molecule has 2 rings (SSSR count). The van der Waals surface area contributed by atoms with Crippen molar-refractivity contribution in [3.05, 3.63) is 11.9 Å². The van der Waals surface area contributed by atoms with Crippen LogP contribution >= 0.6 is 15.9 Å². The van der Waals surface area contributed by atoms with E-state index in [0.717, 1.165) is 6.92 Å². The Balaban J connectivity index is 2.33. The summed E-state index contributed by atoms with van der Waals surface area (Å²) in [4.78, 5) is 46.2. The number of aliphatic hydroxyl groups is 1. The fourth-order valence-electron chi connectivity index (χ4n) is 3.10. The number of hydrogen-bond acceptors (Lipinski definition) is 10. The van der Waals surface area contributed by atoms with Crippen molar-refractivity contribution in [2.75, 3.05) is 11.9 Å². The molecule has 0 spiro atoms. The zero-order chi connectivity index (χ0) is 23.1. The van der Waals surface area contributed by atoms with Crippen LogP contribution in [0.1, 0.15) is 39.1 Å². The van der Waals surface area contributed by atoms with Crippen molar-refractivity contribution < 1.29 is 38.5 Å². The van der Waals surface area contributed by atoms with E-state index >= 15 is 0 Å². The van der Waals surface area contributed by atoms with E-state index < -0.39 is 48.4 Å². The zero-order valence-electron chi connectivity index (χ0n) is 17.3. The van der Waals surface area contributed by atoms with Crippen LogP contribution in [-0.2, 0) is 39.8 Å². The van der Waals surface area contributed by atoms with E-state index in [-0.39, 0.29) is 24.1 Å². The van der Waals surface area contributed by atoms with Crippen LogP contribution in [0.3, 0.4) is 0 Å².